The van der Waals surface area contributed by atoms with Gasteiger partial charge in [-0.3, -0.25) is 0 Å². The van der Waals surface area contributed by atoms with Gasteiger partial charge in [-0.1, -0.05) is 0 Å². The number of carbonyl (C=O) groups is 1. The topological polar surface area (TPSA) is 104 Å². The fourth-order valence-corrected chi connectivity index (χ4v) is 3.24. The number of aliphatic hydroxyl groups excluding tert-OH is 1. The highest BCUT2D eigenvalue weighted by molar-refractivity contribution is 5.89. The largest absolute Gasteiger partial charge is 0.455 e. The summed E-state index contributed by atoms with van der Waals surface area (Å²) < 4.78 is 72.7. The molecule has 0 radical (unpaired) electrons. The Morgan fingerprint density at radius 1 is 1.25 bits per heavy atom. The molecule has 2 amide bonds. The van der Waals surface area contributed by atoms with Crippen LogP contribution in [0.25, 0.3) is 11.0 Å². The molecule has 170 valence electrons. The van der Waals surface area contributed by atoms with E-state index in [0.29, 0.717) is 18.6 Å². The number of fused-ring (bicyclic) bond motifs is 1. The Kier molecular flexibility index (Phi) is 5.36. The summed E-state index contributed by atoms with van der Waals surface area (Å²) in [6, 6.07) is -1.96. The molecular formula is C19H16F5N5O3. The number of alkyl halides is 3. The van der Waals surface area contributed by atoms with Gasteiger partial charge in [-0.15, -0.1) is 0 Å². The molecule has 32 heavy (non-hydrogen) atoms. The number of amides is 2. The third kappa shape index (κ3) is 4.15. The van der Waals surface area contributed by atoms with Gasteiger partial charge in [0.05, 0.1) is 30.2 Å². The summed E-state index contributed by atoms with van der Waals surface area (Å²) in [5.74, 6) is -2.68. The third-order valence-electron chi connectivity index (χ3n) is 5.03. The smallest absolute Gasteiger partial charge is 0.416 e. The van der Waals surface area contributed by atoms with E-state index in [1.165, 1.54) is 12.4 Å². The van der Waals surface area contributed by atoms with Gasteiger partial charge in [0.15, 0.2) is 17.4 Å². The van der Waals surface area contributed by atoms with Crippen molar-refractivity contribution >= 4 is 28.6 Å². The van der Waals surface area contributed by atoms with Crippen molar-refractivity contribution in [3.05, 3.63) is 48.0 Å². The summed E-state index contributed by atoms with van der Waals surface area (Å²) in [7, 11) is 0. The molecule has 3 heterocycles. The number of anilines is 2. The summed E-state index contributed by atoms with van der Waals surface area (Å²) in [4.78, 5) is 21.9. The lowest BCUT2D eigenvalue weighted by molar-refractivity contribution is -0.158. The van der Waals surface area contributed by atoms with Gasteiger partial charge in [-0.2, -0.15) is 13.2 Å². The first kappa shape index (κ1) is 21.7. The SMILES string of the molecule is C[C@@H]1[C@@H](O)CN1c1ncc(NC(=O)NC(c2cc3cc(F)cc(F)c3o2)C(F)(F)F)cn1. The Bertz CT molecular complexity index is 1150. The fraction of sp³-hybridized carbons (Fsp3) is 0.316. The van der Waals surface area contributed by atoms with Gasteiger partial charge in [0.25, 0.3) is 0 Å². The van der Waals surface area contributed by atoms with E-state index in [-0.39, 0.29) is 17.1 Å². The van der Waals surface area contributed by atoms with Crippen molar-refractivity contribution < 1.29 is 36.3 Å². The fourth-order valence-electron chi connectivity index (χ4n) is 3.24. The van der Waals surface area contributed by atoms with E-state index in [0.717, 1.165) is 12.1 Å². The first-order chi connectivity index (χ1) is 15.0. The normalized spacial score (nSPS) is 19.5. The minimum absolute atomic E-state index is 0.0126. The van der Waals surface area contributed by atoms with E-state index in [9.17, 15) is 31.9 Å². The molecule has 3 atom stereocenters. The molecular weight excluding hydrogens is 441 g/mol. The molecule has 0 saturated carbocycles. The number of nitrogens with zero attached hydrogens (tertiary/aromatic N) is 3. The van der Waals surface area contributed by atoms with E-state index >= 15 is 0 Å². The number of furan rings is 1. The van der Waals surface area contributed by atoms with Crippen molar-refractivity contribution in [2.75, 3.05) is 16.8 Å². The van der Waals surface area contributed by atoms with Crippen LogP contribution in [0.15, 0.2) is 35.0 Å². The predicted molar refractivity (Wildman–Crippen MR) is 102 cm³/mol. The van der Waals surface area contributed by atoms with E-state index < -0.39 is 47.3 Å². The monoisotopic (exact) mass is 457 g/mol. The van der Waals surface area contributed by atoms with Crippen molar-refractivity contribution in [3.8, 4) is 0 Å². The lowest BCUT2D eigenvalue weighted by atomic mass is 10.0. The highest BCUT2D eigenvalue weighted by atomic mass is 19.4. The molecule has 0 bridgehead atoms. The first-order valence-corrected chi connectivity index (χ1v) is 9.32. The summed E-state index contributed by atoms with van der Waals surface area (Å²) in [5.41, 5.74) is -0.550. The number of hydrogen-bond donors (Lipinski definition) is 3. The molecule has 3 aromatic rings. The molecule has 4 rings (SSSR count). The summed E-state index contributed by atoms with van der Waals surface area (Å²) in [6.45, 7) is 2.11. The number of rotatable bonds is 4. The number of urea groups is 1. The molecule has 1 aliphatic rings. The van der Waals surface area contributed by atoms with Gasteiger partial charge >= 0.3 is 12.2 Å². The molecule has 8 nitrogen and oxygen atoms in total. The Balaban J connectivity index is 1.49. The Hall–Kier alpha value is -3.48. The van der Waals surface area contributed by atoms with Crippen molar-refractivity contribution in [1.29, 1.82) is 0 Å². The highest BCUT2D eigenvalue weighted by Gasteiger charge is 2.44. The molecule has 1 aromatic carbocycles. The minimum atomic E-state index is -4.99. The van der Waals surface area contributed by atoms with Gasteiger partial charge in [-0.05, 0) is 19.1 Å². The molecule has 3 N–H and O–H groups in total. The second-order valence-corrected chi connectivity index (χ2v) is 7.26. The molecule has 0 spiro atoms. The van der Waals surface area contributed by atoms with Crippen molar-refractivity contribution in [2.45, 2.75) is 31.3 Å². The molecule has 13 heteroatoms. The number of carbonyl (C=O) groups excluding carboxylic acids is 1. The van der Waals surface area contributed by atoms with Crippen LogP contribution in [0, 0.1) is 11.6 Å². The van der Waals surface area contributed by atoms with E-state index in [1.54, 1.807) is 17.1 Å². The summed E-state index contributed by atoms with van der Waals surface area (Å²) in [6.07, 6.45) is -3.11. The second kappa shape index (κ2) is 7.89. The van der Waals surface area contributed by atoms with Crippen LogP contribution >= 0.6 is 0 Å². The van der Waals surface area contributed by atoms with Crippen LogP contribution in [0.2, 0.25) is 0 Å². The lowest BCUT2D eigenvalue weighted by Gasteiger charge is -2.43. The summed E-state index contributed by atoms with van der Waals surface area (Å²) >= 11 is 0. The van der Waals surface area contributed by atoms with Crippen LogP contribution < -0.4 is 15.5 Å². The van der Waals surface area contributed by atoms with Crippen LogP contribution in [0.5, 0.6) is 0 Å². The van der Waals surface area contributed by atoms with E-state index in [2.05, 4.69) is 15.3 Å². The summed E-state index contributed by atoms with van der Waals surface area (Å²) in [5, 5.41) is 13.2. The predicted octanol–water partition coefficient (Wildman–Crippen LogP) is 3.50. The van der Waals surface area contributed by atoms with Gasteiger partial charge in [0, 0.05) is 18.0 Å². The van der Waals surface area contributed by atoms with Gasteiger partial charge in [-0.25, -0.2) is 23.5 Å². The zero-order chi connectivity index (χ0) is 23.2. The van der Waals surface area contributed by atoms with Crippen molar-refractivity contribution in [2.24, 2.45) is 0 Å². The maximum absolute atomic E-state index is 13.8. The van der Waals surface area contributed by atoms with Gasteiger partial charge < -0.3 is 25.1 Å². The molecule has 1 saturated heterocycles. The van der Waals surface area contributed by atoms with E-state index in [1.807, 2.05) is 0 Å². The Morgan fingerprint density at radius 2 is 1.94 bits per heavy atom. The minimum Gasteiger partial charge on any atom is -0.455 e. The zero-order valence-electron chi connectivity index (χ0n) is 16.3. The first-order valence-electron chi connectivity index (χ1n) is 9.32. The molecule has 1 aliphatic heterocycles. The second-order valence-electron chi connectivity index (χ2n) is 7.26. The molecule has 0 aliphatic carbocycles. The number of halogens is 5. The number of nitrogens with one attached hydrogen (secondary N) is 2. The maximum Gasteiger partial charge on any atom is 0.416 e. The highest BCUT2D eigenvalue weighted by Crippen LogP contribution is 2.36. The number of aliphatic hydroxyl groups is 1. The lowest BCUT2D eigenvalue weighted by Crippen LogP contribution is -2.59. The van der Waals surface area contributed by atoms with Crippen LogP contribution in [0.1, 0.15) is 18.7 Å². The maximum atomic E-state index is 13.8. The number of β-amino-alcohol motifs (C(OH)–C–C–N with tert-alkyl or cyclic N) is 1. The third-order valence-corrected chi connectivity index (χ3v) is 5.03. The van der Waals surface area contributed by atoms with Crippen LogP contribution in [0.3, 0.4) is 0 Å². The van der Waals surface area contributed by atoms with Crippen molar-refractivity contribution in [3.63, 3.8) is 0 Å². The average Bonchev–Trinajstić information content (AvgIpc) is 3.13. The molecule has 2 aromatic heterocycles. The van der Waals surface area contributed by atoms with Crippen LogP contribution in [0.4, 0.5) is 38.4 Å². The molecule has 1 unspecified atom stereocenters. The quantitative estimate of drug-likeness (QED) is 0.519. The van der Waals surface area contributed by atoms with Gasteiger partial charge in [0.1, 0.15) is 11.6 Å². The average molecular weight is 457 g/mol. The van der Waals surface area contributed by atoms with Crippen molar-refractivity contribution in [1.82, 2.24) is 15.3 Å². The standard InChI is InChI=1S/C19H16F5N5O3/c1-8-13(30)7-29(8)17-25-5-11(6-26-17)27-18(31)28-16(19(22,23)24)14-3-9-2-10(20)4-12(21)15(9)32-14/h2-6,8,13,16,30H,7H2,1H3,(H2,27,28,31)/t8-,13+,16?/m1/s1. The van der Waals surface area contributed by atoms with Crippen LogP contribution in [-0.4, -0.2) is 46.0 Å². The number of hydrogen-bond acceptors (Lipinski definition) is 6. The Labute approximate surface area is 177 Å². The molecule has 1 fully saturated rings. The number of aromatic nitrogens is 2. The number of benzene rings is 1. The van der Waals surface area contributed by atoms with Crippen LogP contribution in [-0.2, 0) is 0 Å². The van der Waals surface area contributed by atoms with E-state index in [4.69, 9.17) is 4.42 Å². The Morgan fingerprint density at radius 3 is 2.53 bits per heavy atom. The zero-order valence-corrected chi connectivity index (χ0v) is 16.3. The van der Waals surface area contributed by atoms with Gasteiger partial charge in [0.2, 0.25) is 5.95 Å².